The molecule has 0 saturated carbocycles. The highest BCUT2D eigenvalue weighted by molar-refractivity contribution is 7.89. The van der Waals surface area contributed by atoms with Gasteiger partial charge in [0.2, 0.25) is 21.9 Å². The molecule has 0 N–H and O–H groups in total. The van der Waals surface area contributed by atoms with Crippen molar-refractivity contribution < 1.29 is 17.5 Å². The van der Waals surface area contributed by atoms with Crippen molar-refractivity contribution in [1.82, 2.24) is 14.3 Å². The van der Waals surface area contributed by atoms with Crippen molar-refractivity contribution in [1.29, 1.82) is 0 Å². The van der Waals surface area contributed by atoms with Crippen LogP contribution in [-0.4, -0.2) is 42.3 Å². The lowest BCUT2D eigenvalue weighted by Crippen LogP contribution is -2.38. The van der Waals surface area contributed by atoms with Crippen LogP contribution in [0, 0.1) is 11.7 Å². The number of hydrogen-bond donors (Lipinski definition) is 0. The van der Waals surface area contributed by atoms with Gasteiger partial charge in [0.15, 0.2) is 11.6 Å². The summed E-state index contributed by atoms with van der Waals surface area (Å²) in [7, 11) is -3.78. The van der Waals surface area contributed by atoms with E-state index in [1.54, 1.807) is 24.3 Å². The van der Waals surface area contributed by atoms with Crippen molar-refractivity contribution in [3.63, 3.8) is 0 Å². The average Bonchev–Trinajstić information content (AvgIpc) is 2.86. The molecule has 2 aliphatic rings. The zero-order chi connectivity index (χ0) is 24.6. The fourth-order valence-corrected chi connectivity index (χ4v) is 5.91. The zero-order valence-electron chi connectivity index (χ0n) is 19.3. The highest BCUT2D eigenvalue weighted by atomic mass is 35.5. The number of piperidine rings is 1. The average molecular weight is 517 g/mol. The number of rotatable bonds is 5. The predicted molar refractivity (Wildman–Crippen MR) is 132 cm³/mol. The normalized spacial score (nSPS) is 17.3. The van der Waals surface area contributed by atoms with E-state index >= 15 is 0 Å². The van der Waals surface area contributed by atoms with E-state index in [-0.39, 0.29) is 29.6 Å². The van der Waals surface area contributed by atoms with Crippen LogP contribution in [-0.2, 0) is 23.0 Å². The molecule has 7 nitrogen and oxygen atoms in total. The Bertz CT molecular complexity index is 1330. The van der Waals surface area contributed by atoms with E-state index in [1.165, 1.54) is 28.6 Å². The lowest BCUT2D eigenvalue weighted by molar-refractivity contribution is 0.362. The number of anilines is 1. The Morgan fingerprint density at radius 2 is 1.74 bits per heavy atom. The number of halogens is 2. The lowest BCUT2D eigenvalue weighted by Gasteiger charge is -2.33. The molecule has 1 fully saturated rings. The van der Waals surface area contributed by atoms with Crippen molar-refractivity contribution in [3.8, 4) is 11.6 Å². The van der Waals surface area contributed by atoms with Crippen LogP contribution in [0.1, 0.15) is 31.0 Å². The van der Waals surface area contributed by atoms with E-state index < -0.39 is 15.8 Å². The second kappa shape index (κ2) is 9.72. The molecule has 10 heteroatoms. The summed E-state index contributed by atoms with van der Waals surface area (Å²) in [5, 5.41) is 0.460. The molecule has 2 aliphatic heterocycles. The number of ether oxygens (including phenoxy) is 1. The van der Waals surface area contributed by atoms with Gasteiger partial charge in [0.25, 0.3) is 0 Å². The van der Waals surface area contributed by atoms with Crippen LogP contribution in [0.3, 0.4) is 0 Å². The molecule has 0 spiro atoms. The minimum absolute atomic E-state index is 0.0292. The lowest BCUT2D eigenvalue weighted by atomic mass is 9.99. The van der Waals surface area contributed by atoms with Crippen LogP contribution < -0.4 is 9.64 Å². The first-order valence-corrected chi connectivity index (χ1v) is 13.5. The highest BCUT2D eigenvalue weighted by Crippen LogP contribution is 2.35. The van der Waals surface area contributed by atoms with E-state index in [0.717, 1.165) is 31.6 Å². The third kappa shape index (κ3) is 4.98. The van der Waals surface area contributed by atoms with E-state index in [2.05, 4.69) is 16.8 Å². The predicted octanol–water partition coefficient (Wildman–Crippen LogP) is 5.04. The smallest absolute Gasteiger partial charge is 0.243 e. The number of hydrogen-bond acceptors (Lipinski definition) is 6. The van der Waals surface area contributed by atoms with E-state index in [9.17, 15) is 12.8 Å². The summed E-state index contributed by atoms with van der Waals surface area (Å²) < 4.78 is 48.4. The molecule has 5 rings (SSSR count). The van der Waals surface area contributed by atoms with E-state index in [4.69, 9.17) is 21.3 Å². The SMILES string of the molecule is CC1CCN(c2nc3c(c(Oc4ccccc4F)n2)CN(S(=O)(=O)c2ccc(Cl)cc2)CC3)CC1. The molecule has 0 aliphatic carbocycles. The van der Waals surface area contributed by atoms with Gasteiger partial charge in [-0.15, -0.1) is 0 Å². The number of benzene rings is 2. The summed E-state index contributed by atoms with van der Waals surface area (Å²) in [4.78, 5) is 11.7. The largest absolute Gasteiger partial charge is 0.435 e. The fourth-order valence-electron chi connectivity index (χ4n) is 4.37. The zero-order valence-corrected chi connectivity index (χ0v) is 20.9. The summed E-state index contributed by atoms with van der Waals surface area (Å²) in [5.74, 6) is 0.879. The standard InChI is InChI=1S/C25H26ClFN4O3S/c1-17-10-13-30(14-11-17)25-28-22-12-15-31(35(32,33)19-8-6-18(26)7-9-19)16-20(22)24(29-25)34-23-5-3-2-4-21(23)27/h2-9,17H,10-16H2,1H3. The van der Waals surface area contributed by atoms with Gasteiger partial charge < -0.3 is 9.64 Å². The molecule has 0 unspecified atom stereocenters. The second-order valence-corrected chi connectivity index (χ2v) is 11.4. The Balaban J connectivity index is 1.51. The van der Waals surface area contributed by atoms with Gasteiger partial charge in [0.1, 0.15) is 0 Å². The third-order valence-corrected chi connectivity index (χ3v) is 8.65. The van der Waals surface area contributed by atoms with Gasteiger partial charge in [-0.3, -0.25) is 0 Å². The maximum absolute atomic E-state index is 14.4. The summed E-state index contributed by atoms with van der Waals surface area (Å²) in [6.07, 6.45) is 2.48. The van der Waals surface area contributed by atoms with Gasteiger partial charge in [-0.25, -0.2) is 17.8 Å². The van der Waals surface area contributed by atoms with Gasteiger partial charge >= 0.3 is 0 Å². The van der Waals surface area contributed by atoms with Crippen molar-refractivity contribution >= 4 is 27.6 Å². The van der Waals surface area contributed by atoms with Crippen LogP contribution in [0.5, 0.6) is 11.6 Å². The van der Waals surface area contributed by atoms with Crippen LogP contribution in [0.2, 0.25) is 5.02 Å². The van der Waals surface area contributed by atoms with Gasteiger partial charge in [-0.1, -0.05) is 30.7 Å². The topological polar surface area (TPSA) is 75.6 Å². The summed E-state index contributed by atoms with van der Waals surface area (Å²) in [6.45, 7) is 4.19. The molecule has 3 aromatic rings. The summed E-state index contributed by atoms with van der Waals surface area (Å²) in [6, 6.07) is 12.2. The Labute approximate surface area is 209 Å². The first-order chi connectivity index (χ1) is 16.8. The number of para-hydroxylation sites is 1. The molecule has 0 radical (unpaired) electrons. The van der Waals surface area contributed by atoms with E-state index in [1.807, 2.05) is 0 Å². The molecule has 35 heavy (non-hydrogen) atoms. The molecule has 3 heterocycles. The van der Waals surface area contributed by atoms with Crippen molar-refractivity contribution in [2.75, 3.05) is 24.5 Å². The van der Waals surface area contributed by atoms with Crippen LogP contribution in [0.4, 0.5) is 10.3 Å². The van der Waals surface area contributed by atoms with Crippen LogP contribution in [0.15, 0.2) is 53.4 Å². The van der Waals surface area contributed by atoms with Gasteiger partial charge in [-0.05, 0) is 55.2 Å². The van der Waals surface area contributed by atoms with Crippen molar-refractivity contribution in [2.45, 2.75) is 37.6 Å². The third-order valence-electron chi connectivity index (χ3n) is 6.54. The molecular formula is C25H26ClFN4O3S. The minimum Gasteiger partial charge on any atom is -0.435 e. The Hall–Kier alpha value is -2.75. The molecule has 2 aromatic carbocycles. The number of fused-ring (bicyclic) bond motifs is 1. The van der Waals surface area contributed by atoms with E-state index in [0.29, 0.717) is 28.9 Å². The highest BCUT2D eigenvalue weighted by Gasteiger charge is 2.33. The maximum atomic E-state index is 14.4. The fraction of sp³-hybridized carbons (Fsp3) is 0.360. The second-order valence-electron chi connectivity index (χ2n) is 9.00. The van der Waals surface area contributed by atoms with Crippen molar-refractivity contribution in [2.24, 2.45) is 5.92 Å². The summed E-state index contributed by atoms with van der Waals surface area (Å²) >= 11 is 5.94. The Kier molecular flexibility index (Phi) is 6.65. The number of sulfonamides is 1. The van der Waals surface area contributed by atoms with Crippen molar-refractivity contribution in [3.05, 3.63) is 70.6 Å². The Morgan fingerprint density at radius 1 is 1.03 bits per heavy atom. The minimum atomic E-state index is -3.78. The van der Waals surface area contributed by atoms with Crippen LogP contribution in [0.25, 0.3) is 0 Å². The molecule has 0 amide bonds. The monoisotopic (exact) mass is 516 g/mol. The Morgan fingerprint density at radius 3 is 2.46 bits per heavy atom. The molecule has 1 aromatic heterocycles. The van der Waals surface area contributed by atoms with Gasteiger partial charge in [0, 0.05) is 37.6 Å². The number of nitrogens with zero attached hydrogens (tertiary/aromatic N) is 4. The molecule has 1 saturated heterocycles. The quantitative estimate of drug-likeness (QED) is 0.472. The molecule has 184 valence electrons. The molecule has 0 atom stereocenters. The maximum Gasteiger partial charge on any atom is 0.243 e. The van der Waals surface area contributed by atoms with Crippen LogP contribution >= 0.6 is 11.6 Å². The first kappa shape index (κ1) is 24.0. The first-order valence-electron chi connectivity index (χ1n) is 11.6. The number of aromatic nitrogens is 2. The molecule has 0 bridgehead atoms. The molecular weight excluding hydrogens is 491 g/mol. The summed E-state index contributed by atoms with van der Waals surface area (Å²) in [5.41, 5.74) is 1.27. The van der Waals surface area contributed by atoms with Gasteiger partial charge in [0.05, 0.1) is 16.2 Å². The van der Waals surface area contributed by atoms with Gasteiger partial charge in [-0.2, -0.15) is 9.29 Å².